The number of aryl methyl sites for hydroxylation is 1. The first kappa shape index (κ1) is 27.9. The number of aromatic amines is 1. The highest BCUT2D eigenvalue weighted by molar-refractivity contribution is 6.21. The number of esters is 1. The van der Waals surface area contributed by atoms with Crippen LogP contribution in [0.4, 0.5) is 22.0 Å². The number of nitrogens with one attached hydrogen (secondary N) is 1. The van der Waals surface area contributed by atoms with Crippen LogP contribution in [0.3, 0.4) is 0 Å². The second-order valence-electron chi connectivity index (χ2n) is 9.59. The summed E-state index contributed by atoms with van der Waals surface area (Å²) in [7, 11) is 0. The highest BCUT2D eigenvalue weighted by Crippen LogP contribution is 2.32. The van der Waals surface area contributed by atoms with Gasteiger partial charge in [0.25, 0.3) is 17.4 Å². The molecule has 3 heterocycles. The van der Waals surface area contributed by atoms with Crippen molar-refractivity contribution in [2.24, 2.45) is 0 Å². The molecular weight excluding hydrogens is 559 g/mol. The SMILES string of the molecule is Cc1cn([C@@H]2C[C@H](CN3C(=O)c4ccccc4C3=O)N(CC(=O)Oc3c(F)c(F)c(F)c(F)c3F)C2)c(=O)[nH]c1=O. The Kier molecular flexibility index (Phi) is 7.07. The average Bonchev–Trinajstić information content (AvgIpc) is 3.44. The van der Waals surface area contributed by atoms with E-state index in [1.165, 1.54) is 34.7 Å². The first-order valence-corrected chi connectivity index (χ1v) is 12.1. The zero-order valence-corrected chi connectivity index (χ0v) is 21.1. The summed E-state index contributed by atoms with van der Waals surface area (Å²) in [6.45, 7) is 0.307. The van der Waals surface area contributed by atoms with E-state index >= 15 is 0 Å². The molecule has 2 aliphatic rings. The standard InChI is InChI=1S/C26H19F5N4O6/c1-11-7-34(26(40)32-23(11)37)13-6-12(9-35-24(38)14-4-2-3-5-15(14)25(35)39)33(8-13)10-16(36)41-22-20(30)18(28)17(27)19(29)21(22)31/h2-5,7,12-13H,6,8-10H2,1H3,(H,32,37,40)/t12-,13-/m1/s1. The second-order valence-corrected chi connectivity index (χ2v) is 9.59. The second kappa shape index (κ2) is 10.4. The molecule has 214 valence electrons. The summed E-state index contributed by atoms with van der Waals surface area (Å²) in [5.74, 6) is -16.1. The lowest BCUT2D eigenvalue weighted by Gasteiger charge is -2.26. The van der Waals surface area contributed by atoms with Crippen LogP contribution >= 0.6 is 0 Å². The van der Waals surface area contributed by atoms with Crippen LogP contribution in [-0.4, -0.2) is 62.8 Å². The van der Waals surface area contributed by atoms with E-state index in [9.17, 15) is 45.9 Å². The molecule has 0 spiro atoms. The van der Waals surface area contributed by atoms with Gasteiger partial charge >= 0.3 is 11.7 Å². The molecule has 1 saturated heterocycles. The van der Waals surface area contributed by atoms with Crippen molar-refractivity contribution in [3.8, 4) is 5.75 Å². The van der Waals surface area contributed by atoms with Gasteiger partial charge in [-0.2, -0.15) is 8.78 Å². The molecule has 0 unspecified atom stereocenters. The maximum absolute atomic E-state index is 14.1. The Morgan fingerprint density at radius 2 is 1.49 bits per heavy atom. The molecule has 10 nitrogen and oxygen atoms in total. The van der Waals surface area contributed by atoms with E-state index in [2.05, 4.69) is 9.72 Å². The lowest BCUT2D eigenvalue weighted by atomic mass is 10.1. The third-order valence-corrected chi connectivity index (χ3v) is 7.03. The van der Waals surface area contributed by atoms with Crippen LogP contribution in [0.1, 0.15) is 38.7 Å². The first-order chi connectivity index (χ1) is 19.4. The first-order valence-electron chi connectivity index (χ1n) is 12.1. The number of fused-ring (bicyclic) bond motifs is 1. The molecule has 41 heavy (non-hydrogen) atoms. The van der Waals surface area contributed by atoms with E-state index in [4.69, 9.17) is 0 Å². The van der Waals surface area contributed by atoms with Gasteiger partial charge in [0, 0.05) is 30.9 Å². The monoisotopic (exact) mass is 578 g/mol. The highest BCUT2D eigenvalue weighted by atomic mass is 19.2. The van der Waals surface area contributed by atoms with E-state index < -0.39 is 82.5 Å². The number of imide groups is 1. The number of carbonyl (C=O) groups excluding carboxylic acids is 3. The summed E-state index contributed by atoms with van der Waals surface area (Å²) in [6, 6.07) is 4.56. The van der Waals surface area contributed by atoms with E-state index in [0.29, 0.717) is 0 Å². The summed E-state index contributed by atoms with van der Waals surface area (Å²) in [5.41, 5.74) is -0.856. The topological polar surface area (TPSA) is 122 Å². The van der Waals surface area contributed by atoms with Crippen LogP contribution in [0.2, 0.25) is 0 Å². The van der Waals surface area contributed by atoms with Gasteiger partial charge in [-0.05, 0) is 25.5 Å². The Hall–Kier alpha value is -4.66. The van der Waals surface area contributed by atoms with Crippen LogP contribution in [0.25, 0.3) is 0 Å². The fourth-order valence-electron chi connectivity index (χ4n) is 5.00. The van der Waals surface area contributed by atoms with Gasteiger partial charge in [0.15, 0.2) is 0 Å². The number of halogens is 5. The molecule has 5 rings (SSSR count). The van der Waals surface area contributed by atoms with Crippen molar-refractivity contribution in [2.45, 2.75) is 25.4 Å². The molecule has 2 aromatic carbocycles. The number of aromatic nitrogens is 2. The van der Waals surface area contributed by atoms with Crippen molar-refractivity contribution in [3.63, 3.8) is 0 Å². The zero-order chi connectivity index (χ0) is 29.7. The number of hydrogen-bond donors (Lipinski definition) is 1. The molecule has 15 heteroatoms. The quantitative estimate of drug-likeness (QED) is 0.119. The number of ether oxygens (including phenoxy) is 1. The number of hydrogen-bond acceptors (Lipinski definition) is 7. The number of carbonyl (C=O) groups is 3. The third kappa shape index (κ3) is 4.81. The van der Waals surface area contributed by atoms with Crippen molar-refractivity contribution in [3.05, 3.63) is 97.1 Å². The Balaban J connectivity index is 1.43. The minimum absolute atomic E-state index is 0.0641. The molecule has 0 aliphatic carbocycles. The molecule has 2 amide bonds. The van der Waals surface area contributed by atoms with Crippen LogP contribution < -0.4 is 16.0 Å². The number of amides is 2. The predicted molar refractivity (Wildman–Crippen MR) is 129 cm³/mol. The zero-order valence-electron chi connectivity index (χ0n) is 21.1. The maximum atomic E-state index is 14.1. The van der Waals surface area contributed by atoms with Gasteiger partial charge in [-0.15, -0.1) is 0 Å². The van der Waals surface area contributed by atoms with Crippen molar-refractivity contribution < 1.29 is 41.1 Å². The summed E-state index contributed by atoms with van der Waals surface area (Å²) in [5, 5.41) is 0. The number of likely N-dealkylation sites (tertiary alicyclic amines) is 1. The van der Waals surface area contributed by atoms with Gasteiger partial charge in [-0.1, -0.05) is 12.1 Å². The third-order valence-electron chi connectivity index (χ3n) is 7.03. The maximum Gasteiger partial charge on any atom is 0.328 e. The predicted octanol–water partition coefficient (Wildman–Crippen LogP) is 2.06. The molecule has 0 bridgehead atoms. The minimum atomic E-state index is -2.43. The van der Waals surface area contributed by atoms with Gasteiger partial charge in [0.1, 0.15) is 0 Å². The van der Waals surface area contributed by atoms with Crippen LogP contribution in [0.15, 0.2) is 40.1 Å². The fourth-order valence-corrected chi connectivity index (χ4v) is 5.00. The molecule has 1 fully saturated rings. The van der Waals surface area contributed by atoms with Crippen molar-refractivity contribution in [2.75, 3.05) is 19.6 Å². The average molecular weight is 578 g/mol. The lowest BCUT2D eigenvalue weighted by molar-refractivity contribution is -0.136. The Bertz CT molecular complexity index is 1670. The molecule has 1 aromatic heterocycles. The van der Waals surface area contributed by atoms with Gasteiger partial charge in [0.2, 0.25) is 34.8 Å². The lowest BCUT2D eigenvalue weighted by Crippen LogP contribution is -2.45. The normalized spacial score (nSPS) is 18.7. The molecular formula is C26H19F5N4O6. The highest BCUT2D eigenvalue weighted by Gasteiger charge is 2.42. The molecule has 2 atom stereocenters. The smallest absolute Gasteiger partial charge is 0.328 e. The Labute approximate surface area is 226 Å². The number of nitrogens with zero attached hydrogens (tertiary/aromatic N) is 3. The molecule has 0 saturated carbocycles. The number of rotatable bonds is 6. The summed E-state index contributed by atoms with van der Waals surface area (Å²) >= 11 is 0. The van der Waals surface area contributed by atoms with Crippen molar-refractivity contribution in [1.82, 2.24) is 19.4 Å². The fraction of sp³-hybridized carbons (Fsp3) is 0.269. The minimum Gasteiger partial charge on any atom is -0.419 e. The van der Waals surface area contributed by atoms with Gasteiger partial charge in [-0.25, -0.2) is 18.0 Å². The molecule has 1 N–H and O–H groups in total. The summed E-state index contributed by atoms with van der Waals surface area (Å²) < 4.78 is 74.4. The van der Waals surface area contributed by atoms with Crippen LogP contribution in [0, 0.1) is 36.0 Å². The van der Waals surface area contributed by atoms with Crippen molar-refractivity contribution >= 4 is 17.8 Å². The van der Waals surface area contributed by atoms with E-state index in [0.717, 1.165) is 4.90 Å². The Morgan fingerprint density at radius 3 is 2.07 bits per heavy atom. The van der Waals surface area contributed by atoms with Crippen LogP contribution in [0.5, 0.6) is 5.75 Å². The molecule has 3 aromatic rings. The van der Waals surface area contributed by atoms with Gasteiger partial charge in [0.05, 0.1) is 23.7 Å². The van der Waals surface area contributed by atoms with E-state index in [1.807, 2.05) is 0 Å². The van der Waals surface area contributed by atoms with E-state index in [1.54, 1.807) is 12.1 Å². The Morgan fingerprint density at radius 1 is 0.927 bits per heavy atom. The number of H-pyrrole nitrogens is 1. The number of benzene rings is 2. The van der Waals surface area contributed by atoms with Crippen LogP contribution in [-0.2, 0) is 4.79 Å². The summed E-state index contributed by atoms with van der Waals surface area (Å²) in [4.78, 5) is 67.3. The summed E-state index contributed by atoms with van der Waals surface area (Å²) in [6.07, 6.45) is 1.36. The van der Waals surface area contributed by atoms with E-state index in [-0.39, 0.29) is 36.2 Å². The van der Waals surface area contributed by atoms with Gasteiger partial charge in [-0.3, -0.25) is 38.5 Å². The largest absolute Gasteiger partial charge is 0.419 e. The molecule has 0 radical (unpaired) electrons. The molecule has 2 aliphatic heterocycles. The van der Waals surface area contributed by atoms with Gasteiger partial charge < -0.3 is 4.74 Å². The van der Waals surface area contributed by atoms with Crippen molar-refractivity contribution in [1.29, 1.82) is 0 Å².